The van der Waals surface area contributed by atoms with Crippen molar-refractivity contribution in [2.45, 2.75) is 13.5 Å². The Balaban J connectivity index is 2.70. The predicted molar refractivity (Wildman–Crippen MR) is 72.8 cm³/mol. The number of nitrogens with one attached hydrogen (secondary N) is 1. The molecule has 0 spiro atoms. The molecule has 0 saturated heterocycles. The molecule has 0 amide bonds. The summed E-state index contributed by atoms with van der Waals surface area (Å²) in [5.41, 5.74) is 1.70. The molecule has 7 heteroatoms. The lowest BCUT2D eigenvalue weighted by atomic mass is 10.2. The Labute approximate surface area is 110 Å². The summed E-state index contributed by atoms with van der Waals surface area (Å²) in [6.45, 7) is 1.48. The highest BCUT2D eigenvalue weighted by Crippen LogP contribution is 2.31. The number of para-hydroxylation sites is 1. The fraction of sp³-hybridized carbons (Fsp3) is 0.250. The van der Waals surface area contributed by atoms with Crippen molar-refractivity contribution in [1.82, 2.24) is 4.57 Å². The van der Waals surface area contributed by atoms with Crippen molar-refractivity contribution in [3.63, 3.8) is 0 Å². The van der Waals surface area contributed by atoms with Crippen LogP contribution in [0.3, 0.4) is 0 Å². The van der Waals surface area contributed by atoms with E-state index in [1.54, 1.807) is 35.8 Å². The molecule has 1 aromatic heterocycles. The molecule has 0 bridgehead atoms. The van der Waals surface area contributed by atoms with Gasteiger partial charge in [-0.1, -0.05) is 18.2 Å². The maximum absolute atomic E-state index is 11.4. The minimum atomic E-state index is -3.42. The highest BCUT2D eigenvalue weighted by atomic mass is 32.2. The zero-order chi connectivity index (χ0) is 14.2. The number of hydrogen-bond acceptors (Lipinski definition) is 3. The summed E-state index contributed by atoms with van der Waals surface area (Å²) in [6.07, 6.45) is 1.07. The molecule has 0 aliphatic rings. The van der Waals surface area contributed by atoms with Crippen LogP contribution in [0.2, 0.25) is 0 Å². The van der Waals surface area contributed by atoms with Crippen LogP contribution in [0.4, 0.5) is 5.69 Å². The maximum Gasteiger partial charge on any atom is 0.323 e. The molecule has 1 aromatic carbocycles. The van der Waals surface area contributed by atoms with Crippen LogP contribution in [0.5, 0.6) is 0 Å². The van der Waals surface area contributed by atoms with Crippen LogP contribution in [0, 0.1) is 6.92 Å². The first-order chi connectivity index (χ1) is 8.79. The van der Waals surface area contributed by atoms with Gasteiger partial charge in [-0.05, 0) is 13.0 Å². The third-order valence-electron chi connectivity index (χ3n) is 2.81. The van der Waals surface area contributed by atoms with E-state index >= 15 is 0 Å². The molecule has 0 aliphatic heterocycles. The van der Waals surface area contributed by atoms with Gasteiger partial charge in [0.05, 0.1) is 17.5 Å². The number of nitrogens with zero attached hydrogens (tertiary/aromatic N) is 1. The summed E-state index contributed by atoms with van der Waals surface area (Å²) in [5, 5.41) is 9.62. The molecule has 1 heterocycles. The van der Waals surface area contributed by atoms with Crippen LogP contribution < -0.4 is 4.72 Å². The second-order valence-electron chi connectivity index (χ2n) is 4.33. The molecule has 0 radical (unpaired) electrons. The van der Waals surface area contributed by atoms with Gasteiger partial charge in [0.25, 0.3) is 0 Å². The number of carbonyl (C=O) groups is 1. The molecule has 6 nitrogen and oxygen atoms in total. The number of anilines is 1. The van der Waals surface area contributed by atoms with Crippen molar-refractivity contribution in [1.29, 1.82) is 0 Å². The Bertz CT molecular complexity index is 746. The topological polar surface area (TPSA) is 88.4 Å². The van der Waals surface area contributed by atoms with Crippen LogP contribution in [-0.4, -0.2) is 30.3 Å². The van der Waals surface area contributed by atoms with Crippen molar-refractivity contribution in [3.8, 4) is 0 Å². The van der Waals surface area contributed by atoms with Gasteiger partial charge in [0.1, 0.15) is 6.54 Å². The van der Waals surface area contributed by atoms with E-state index in [1.807, 2.05) is 0 Å². The van der Waals surface area contributed by atoms with Crippen LogP contribution >= 0.6 is 0 Å². The Morgan fingerprint density at radius 3 is 2.58 bits per heavy atom. The van der Waals surface area contributed by atoms with Crippen LogP contribution in [0.25, 0.3) is 10.9 Å². The highest BCUT2D eigenvalue weighted by molar-refractivity contribution is 7.92. The largest absolute Gasteiger partial charge is 0.480 e. The lowest BCUT2D eigenvalue weighted by Crippen LogP contribution is -2.12. The second kappa shape index (κ2) is 4.58. The van der Waals surface area contributed by atoms with E-state index in [0.29, 0.717) is 22.3 Å². The van der Waals surface area contributed by atoms with Gasteiger partial charge in [0, 0.05) is 11.1 Å². The van der Waals surface area contributed by atoms with Gasteiger partial charge in [-0.25, -0.2) is 8.42 Å². The summed E-state index contributed by atoms with van der Waals surface area (Å²) in [4.78, 5) is 10.9. The summed E-state index contributed by atoms with van der Waals surface area (Å²) >= 11 is 0. The molecule has 2 aromatic rings. The molecule has 0 fully saturated rings. The molecule has 0 saturated carbocycles. The molecule has 0 unspecified atom stereocenters. The van der Waals surface area contributed by atoms with Crippen molar-refractivity contribution in [2.24, 2.45) is 0 Å². The van der Waals surface area contributed by atoms with E-state index in [9.17, 15) is 13.2 Å². The number of aromatic nitrogens is 1. The Morgan fingerprint density at radius 1 is 1.37 bits per heavy atom. The average molecular weight is 282 g/mol. The lowest BCUT2D eigenvalue weighted by Gasteiger charge is -2.06. The Kier molecular flexibility index (Phi) is 3.23. The number of rotatable bonds is 4. The lowest BCUT2D eigenvalue weighted by molar-refractivity contribution is -0.137. The summed E-state index contributed by atoms with van der Waals surface area (Å²) < 4.78 is 26.8. The normalized spacial score (nSPS) is 11.7. The fourth-order valence-electron chi connectivity index (χ4n) is 2.08. The average Bonchev–Trinajstić information content (AvgIpc) is 2.53. The van der Waals surface area contributed by atoms with Gasteiger partial charge in [-0.3, -0.25) is 9.52 Å². The first-order valence-corrected chi connectivity index (χ1v) is 7.46. The predicted octanol–water partition coefficient (Wildman–Crippen LogP) is 1.41. The van der Waals surface area contributed by atoms with E-state index < -0.39 is 16.0 Å². The van der Waals surface area contributed by atoms with Gasteiger partial charge < -0.3 is 9.67 Å². The summed E-state index contributed by atoms with van der Waals surface area (Å²) in [5.74, 6) is -0.977. The second-order valence-corrected chi connectivity index (χ2v) is 6.08. The third-order valence-corrected chi connectivity index (χ3v) is 3.39. The van der Waals surface area contributed by atoms with Crippen LogP contribution in [0.15, 0.2) is 24.3 Å². The van der Waals surface area contributed by atoms with Crippen molar-refractivity contribution >= 4 is 32.6 Å². The number of aliphatic carboxylic acids is 1. The third kappa shape index (κ3) is 2.70. The van der Waals surface area contributed by atoms with Gasteiger partial charge >= 0.3 is 5.97 Å². The van der Waals surface area contributed by atoms with Gasteiger partial charge in [0.15, 0.2) is 0 Å². The fourth-order valence-corrected chi connectivity index (χ4v) is 2.71. The summed E-state index contributed by atoms with van der Waals surface area (Å²) in [6, 6.07) is 7.08. The van der Waals surface area contributed by atoms with Crippen LogP contribution in [-0.2, 0) is 21.4 Å². The quantitative estimate of drug-likeness (QED) is 0.887. The number of sulfonamides is 1. The van der Waals surface area contributed by atoms with Crippen molar-refractivity contribution < 1.29 is 18.3 Å². The van der Waals surface area contributed by atoms with E-state index in [4.69, 9.17) is 5.11 Å². The molecule has 0 atom stereocenters. The number of carboxylic acid groups (broad SMARTS) is 1. The van der Waals surface area contributed by atoms with Crippen molar-refractivity contribution in [2.75, 3.05) is 11.0 Å². The molecule has 102 valence electrons. The first kappa shape index (κ1) is 13.4. The molecular formula is C12H14N2O4S. The van der Waals surface area contributed by atoms with Gasteiger partial charge in [-0.15, -0.1) is 0 Å². The van der Waals surface area contributed by atoms with E-state index in [0.717, 1.165) is 6.26 Å². The molecule has 19 heavy (non-hydrogen) atoms. The minimum Gasteiger partial charge on any atom is -0.480 e. The molecule has 2 N–H and O–H groups in total. The number of hydrogen-bond donors (Lipinski definition) is 2. The zero-order valence-electron chi connectivity index (χ0n) is 10.5. The van der Waals surface area contributed by atoms with Crippen LogP contribution in [0.1, 0.15) is 5.69 Å². The first-order valence-electron chi connectivity index (χ1n) is 5.57. The summed E-state index contributed by atoms with van der Waals surface area (Å²) in [7, 11) is -3.42. The van der Waals surface area contributed by atoms with E-state index in [-0.39, 0.29) is 6.54 Å². The highest BCUT2D eigenvalue weighted by Gasteiger charge is 2.17. The SMILES string of the molecule is Cc1c(NS(C)(=O)=O)c2ccccc2n1CC(=O)O. The Hall–Kier alpha value is -2.02. The zero-order valence-corrected chi connectivity index (χ0v) is 11.4. The van der Waals surface area contributed by atoms with Crippen molar-refractivity contribution in [3.05, 3.63) is 30.0 Å². The number of carboxylic acids is 1. The monoisotopic (exact) mass is 282 g/mol. The standard InChI is InChI=1S/C12H14N2O4S/c1-8-12(13-19(2,17)18)9-5-3-4-6-10(9)14(8)7-11(15)16/h3-6,13H,7H2,1-2H3,(H,15,16). The van der Waals surface area contributed by atoms with Gasteiger partial charge in [0.2, 0.25) is 10.0 Å². The minimum absolute atomic E-state index is 0.211. The molecule has 2 rings (SSSR count). The number of benzene rings is 1. The van der Waals surface area contributed by atoms with Gasteiger partial charge in [-0.2, -0.15) is 0 Å². The smallest absolute Gasteiger partial charge is 0.323 e. The molecule has 0 aliphatic carbocycles. The van der Waals surface area contributed by atoms with E-state index in [2.05, 4.69) is 4.72 Å². The Morgan fingerprint density at radius 2 is 2.00 bits per heavy atom. The van der Waals surface area contributed by atoms with E-state index in [1.165, 1.54) is 0 Å². The maximum atomic E-state index is 11.4. The molecular weight excluding hydrogens is 268 g/mol. The number of fused-ring (bicyclic) bond motifs is 1.